The molecule has 1 aliphatic heterocycles. The number of nitrogens with one attached hydrogen (secondary N) is 4. The van der Waals surface area contributed by atoms with Crippen molar-refractivity contribution in [3.63, 3.8) is 0 Å². The van der Waals surface area contributed by atoms with Crippen molar-refractivity contribution in [2.45, 2.75) is 45.7 Å². The van der Waals surface area contributed by atoms with Gasteiger partial charge in [0.25, 0.3) is 0 Å². The molecule has 0 bridgehead atoms. The van der Waals surface area contributed by atoms with Crippen LogP contribution in [0.2, 0.25) is 5.02 Å². The van der Waals surface area contributed by atoms with Crippen LogP contribution in [0.25, 0.3) is 10.9 Å². The molecule has 2 heterocycles. The maximum Gasteiger partial charge on any atom is 0.103 e. The number of hydrogen-bond donors (Lipinski definition) is 4. The third kappa shape index (κ3) is 5.41. The molecule has 1 unspecified atom stereocenters. The summed E-state index contributed by atoms with van der Waals surface area (Å²) in [5.74, 6) is 0. The quantitative estimate of drug-likeness (QED) is 0.324. The summed E-state index contributed by atoms with van der Waals surface area (Å²) < 4.78 is 9.65. The van der Waals surface area contributed by atoms with Gasteiger partial charge in [0.15, 0.2) is 0 Å². The number of anilines is 2. The van der Waals surface area contributed by atoms with E-state index >= 15 is 0 Å². The molecular formula is C28H29ClN8. The van der Waals surface area contributed by atoms with Crippen molar-refractivity contribution in [1.82, 2.24) is 21.0 Å². The van der Waals surface area contributed by atoms with Crippen LogP contribution in [0.3, 0.4) is 0 Å². The van der Waals surface area contributed by atoms with E-state index in [1.807, 2.05) is 23.3 Å². The van der Waals surface area contributed by atoms with Crippen LogP contribution in [-0.4, -0.2) is 22.6 Å². The van der Waals surface area contributed by atoms with Crippen LogP contribution in [0, 0.1) is 28.1 Å². The fraction of sp³-hybridized carbons (Fsp3) is 0.321. The lowest BCUT2D eigenvalue weighted by Gasteiger charge is -2.23. The minimum atomic E-state index is -1.49. The van der Waals surface area contributed by atoms with Crippen molar-refractivity contribution in [1.29, 1.82) is 10.5 Å². The van der Waals surface area contributed by atoms with Gasteiger partial charge in [-0.05, 0) is 48.1 Å². The zero-order valence-electron chi connectivity index (χ0n) is 22.0. The van der Waals surface area contributed by atoms with Gasteiger partial charge in [-0.2, -0.15) is 10.5 Å². The van der Waals surface area contributed by atoms with Gasteiger partial charge in [0.1, 0.15) is 6.07 Å². The van der Waals surface area contributed by atoms with Crippen LogP contribution >= 0.6 is 11.6 Å². The van der Waals surface area contributed by atoms with E-state index < -0.39 is 6.02 Å². The second-order valence-electron chi connectivity index (χ2n) is 10.5. The minimum Gasteiger partial charge on any atom is -0.383 e. The zero-order valence-corrected chi connectivity index (χ0v) is 21.7. The molecular weight excluding hydrogens is 484 g/mol. The monoisotopic (exact) mass is 513 g/mol. The molecule has 1 aromatic heterocycles. The molecule has 2 aromatic carbocycles. The molecule has 4 N–H and O–H groups in total. The van der Waals surface area contributed by atoms with E-state index in [0.29, 0.717) is 62.3 Å². The lowest BCUT2D eigenvalue weighted by molar-refractivity contribution is 0.260. The van der Waals surface area contributed by atoms with Crippen molar-refractivity contribution >= 4 is 33.9 Å². The number of pyridine rings is 1. The smallest absolute Gasteiger partial charge is 0.103 e. The van der Waals surface area contributed by atoms with Gasteiger partial charge in [-0.15, -0.1) is 5.53 Å². The lowest BCUT2D eigenvalue weighted by Crippen LogP contribution is -2.38. The van der Waals surface area contributed by atoms with Gasteiger partial charge in [-0.3, -0.25) is 9.99 Å². The van der Waals surface area contributed by atoms with Crippen molar-refractivity contribution in [3.8, 4) is 12.1 Å². The Morgan fingerprint density at radius 3 is 2.76 bits per heavy atom. The van der Waals surface area contributed by atoms with E-state index in [4.69, 9.17) is 11.6 Å². The Bertz CT molecular complexity index is 1510. The molecule has 5 rings (SSSR count). The van der Waals surface area contributed by atoms with Crippen LogP contribution in [0.15, 0.2) is 54.5 Å². The number of nitrogens with zero attached hydrogens (tertiary/aromatic N) is 4. The Morgan fingerprint density at radius 2 is 2.05 bits per heavy atom. The molecule has 37 heavy (non-hydrogen) atoms. The molecule has 0 radical (unpaired) electrons. The summed E-state index contributed by atoms with van der Waals surface area (Å²) in [7, 11) is 0. The van der Waals surface area contributed by atoms with Gasteiger partial charge in [0.05, 0.1) is 46.5 Å². The van der Waals surface area contributed by atoms with Gasteiger partial charge in [0.2, 0.25) is 0 Å². The van der Waals surface area contributed by atoms with Crippen molar-refractivity contribution in [2.24, 2.45) is 5.41 Å². The highest BCUT2D eigenvalue weighted by Gasteiger charge is 2.32. The molecule has 8 nitrogen and oxygen atoms in total. The third-order valence-electron chi connectivity index (χ3n) is 6.19. The van der Waals surface area contributed by atoms with Crippen LogP contribution in [-0.2, 0) is 0 Å². The fourth-order valence-corrected chi connectivity index (χ4v) is 4.42. The summed E-state index contributed by atoms with van der Waals surface area (Å²) in [4.78, 5) is 4.44. The van der Waals surface area contributed by atoms with E-state index in [1.165, 1.54) is 6.20 Å². The van der Waals surface area contributed by atoms with Crippen LogP contribution < -0.4 is 21.6 Å². The molecule has 1 atom stereocenters. The van der Waals surface area contributed by atoms with Gasteiger partial charge in [0, 0.05) is 36.1 Å². The van der Waals surface area contributed by atoms with Crippen molar-refractivity contribution < 1.29 is 1.37 Å². The summed E-state index contributed by atoms with van der Waals surface area (Å²) in [5, 5.41) is 29.1. The number of halogens is 1. The first-order valence-corrected chi connectivity index (χ1v) is 12.6. The number of hydrogen-bond acceptors (Lipinski definition) is 8. The Morgan fingerprint density at radius 1 is 1.24 bits per heavy atom. The van der Waals surface area contributed by atoms with E-state index in [0.717, 1.165) is 12.8 Å². The molecule has 0 spiro atoms. The first kappa shape index (κ1) is 23.4. The number of rotatable bonds is 7. The van der Waals surface area contributed by atoms with Crippen LogP contribution in [0.4, 0.5) is 11.4 Å². The van der Waals surface area contributed by atoms with Crippen LogP contribution in [0.1, 0.15) is 57.7 Å². The normalized spacial score (nSPS) is 17.2. The van der Waals surface area contributed by atoms with Gasteiger partial charge in [-0.1, -0.05) is 44.5 Å². The molecule has 1 fully saturated rings. The second kappa shape index (κ2) is 9.82. The highest BCUT2D eigenvalue weighted by molar-refractivity contribution is 6.35. The first-order valence-electron chi connectivity index (χ1n) is 12.7. The molecule has 9 heteroatoms. The molecule has 0 amide bonds. The average Bonchev–Trinajstić information content (AvgIpc) is 3.62. The maximum absolute atomic E-state index is 9.79. The predicted octanol–water partition coefficient (Wildman–Crippen LogP) is 5.57. The van der Waals surface area contributed by atoms with Gasteiger partial charge in [-0.25, -0.2) is 0 Å². The van der Waals surface area contributed by atoms with E-state index in [1.54, 1.807) is 24.3 Å². The lowest BCUT2D eigenvalue weighted by atomic mass is 9.96. The Labute approximate surface area is 223 Å². The highest BCUT2D eigenvalue weighted by atomic mass is 35.5. The van der Waals surface area contributed by atoms with E-state index in [9.17, 15) is 11.9 Å². The highest BCUT2D eigenvalue weighted by Crippen LogP contribution is 2.37. The first-order chi connectivity index (χ1) is 18.1. The minimum absolute atomic E-state index is 0.0227. The Kier molecular flexibility index (Phi) is 6.21. The maximum atomic E-state index is 9.79. The summed E-state index contributed by atoms with van der Waals surface area (Å²) in [5.41, 5.74) is 10.1. The summed E-state index contributed by atoms with van der Waals surface area (Å²) in [6.07, 6.45) is 5.59. The number of hydrazine groups is 2. The molecule has 3 aromatic rings. The zero-order chi connectivity index (χ0) is 27.1. The average molecular weight is 514 g/mol. The Balaban J connectivity index is 1.61. The molecule has 188 valence electrons. The number of aromatic nitrogens is 1. The summed E-state index contributed by atoms with van der Waals surface area (Å²) in [6.45, 7) is 6.97. The van der Waals surface area contributed by atoms with Gasteiger partial charge < -0.3 is 16.1 Å². The fourth-order valence-electron chi connectivity index (χ4n) is 4.15. The van der Waals surface area contributed by atoms with Crippen molar-refractivity contribution in [3.05, 3.63) is 76.2 Å². The van der Waals surface area contributed by atoms with Crippen LogP contribution in [0.5, 0.6) is 0 Å². The Hall–Kier alpha value is -3.98. The number of fused-ring (bicyclic) bond motifs is 1. The SMILES string of the molecule is [2H]C(Nc1cc(Cl)c2ncc(C#N)c(NCC(C)(C)C)c2c1)(C1=CN(C2CC2)NN1)c1cccc(C#N)c1. The number of benzene rings is 2. The largest absolute Gasteiger partial charge is 0.383 e. The third-order valence-corrected chi connectivity index (χ3v) is 6.48. The molecule has 2 aliphatic rings. The molecule has 1 aliphatic carbocycles. The molecule has 0 saturated heterocycles. The second-order valence-corrected chi connectivity index (χ2v) is 10.9. The summed E-state index contributed by atoms with van der Waals surface area (Å²) in [6, 6.07) is 13.9. The number of nitriles is 2. The standard InChI is InChI=1S/C28H29ClN8/c1-28(2,3)16-33-25-19(13-31)14-32-27-22(25)10-20(11-23(27)29)34-26(18-6-4-5-17(9-18)12-30)24-15-37(36-35-24)21-7-8-21/h4-6,9-11,14-15,21,26,34-36H,7-8,16H2,1-3H3,(H,32,33)/i26D. The van der Waals surface area contributed by atoms with E-state index in [2.05, 4.69) is 59.5 Å². The van der Waals surface area contributed by atoms with Crippen molar-refractivity contribution in [2.75, 3.05) is 17.2 Å². The summed E-state index contributed by atoms with van der Waals surface area (Å²) >= 11 is 6.71. The van der Waals surface area contributed by atoms with Gasteiger partial charge >= 0.3 is 0 Å². The van der Waals surface area contributed by atoms with E-state index in [-0.39, 0.29) is 5.41 Å². The molecule has 1 saturated carbocycles. The topological polar surface area (TPSA) is 112 Å². The predicted molar refractivity (Wildman–Crippen MR) is 146 cm³/mol.